The summed E-state index contributed by atoms with van der Waals surface area (Å²) in [6, 6.07) is 0.667. The van der Waals surface area contributed by atoms with Crippen LogP contribution in [-0.2, 0) is 4.74 Å². The van der Waals surface area contributed by atoms with Crippen LogP contribution in [0.1, 0.15) is 26.2 Å². The highest BCUT2D eigenvalue weighted by atomic mass is 16.5. The van der Waals surface area contributed by atoms with Crippen LogP contribution in [0, 0.1) is 0 Å². The lowest BCUT2D eigenvalue weighted by Gasteiger charge is -2.26. The second kappa shape index (κ2) is 3.32. The molecule has 0 amide bonds. The Balaban J connectivity index is 1.83. The van der Waals surface area contributed by atoms with E-state index in [9.17, 15) is 0 Å². The maximum Gasteiger partial charge on any atom is 0.118 e. The van der Waals surface area contributed by atoms with E-state index in [1.165, 1.54) is 19.4 Å². The Morgan fingerprint density at radius 3 is 3.00 bits per heavy atom. The van der Waals surface area contributed by atoms with Crippen LogP contribution in [0.15, 0.2) is 0 Å². The molecule has 0 spiro atoms. The number of ether oxygens (including phenoxy) is 1. The molecule has 12 heavy (non-hydrogen) atoms. The average Bonchev–Trinajstić information content (AvgIpc) is 2.62. The number of hydrogen-bond acceptors (Lipinski definition) is 3. The van der Waals surface area contributed by atoms with E-state index in [2.05, 4.69) is 17.6 Å². The number of nitrogens with one attached hydrogen (secondary N) is 2. The van der Waals surface area contributed by atoms with Gasteiger partial charge in [-0.2, -0.15) is 0 Å². The topological polar surface area (TPSA) is 33.3 Å². The molecule has 2 saturated heterocycles. The number of hydrogen-bond donors (Lipinski definition) is 2. The Labute approximate surface area is 73.9 Å². The van der Waals surface area contributed by atoms with Crippen LogP contribution in [0.3, 0.4) is 0 Å². The Bertz CT molecular complexity index is 149. The van der Waals surface area contributed by atoms with Gasteiger partial charge in [0.15, 0.2) is 0 Å². The summed E-state index contributed by atoms with van der Waals surface area (Å²) < 4.78 is 5.65. The summed E-state index contributed by atoms with van der Waals surface area (Å²) in [5.74, 6) is 0. The van der Waals surface area contributed by atoms with Crippen molar-refractivity contribution in [2.24, 2.45) is 0 Å². The summed E-state index contributed by atoms with van der Waals surface area (Å²) in [5.41, 5.74) is -0.0536. The summed E-state index contributed by atoms with van der Waals surface area (Å²) in [5, 5.41) is 6.89. The molecule has 2 aliphatic rings. The van der Waals surface area contributed by atoms with Crippen molar-refractivity contribution in [3.8, 4) is 0 Å². The zero-order valence-electron chi connectivity index (χ0n) is 7.73. The molecular formula is C9H18N2O. The highest BCUT2D eigenvalue weighted by molar-refractivity contribution is 4.86. The molecule has 2 atom stereocenters. The van der Waals surface area contributed by atoms with E-state index >= 15 is 0 Å². The molecule has 0 aromatic carbocycles. The zero-order chi connectivity index (χ0) is 8.44. The second-order valence-electron chi connectivity index (χ2n) is 4.00. The summed E-state index contributed by atoms with van der Waals surface area (Å²) in [7, 11) is 0. The van der Waals surface area contributed by atoms with Crippen LogP contribution in [0.2, 0.25) is 0 Å². The first-order chi connectivity index (χ1) is 5.79. The quantitative estimate of drug-likeness (QED) is 0.632. The molecule has 2 heterocycles. The minimum Gasteiger partial charge on any atom is -0.360 e. The van der Waals surface area contributed by atoms with Gasteiger partial charge < -0.3 is 10.1 Å². The van der Waals surface area contributed by atoms with Crippen molar-refractivity contribution in [2.45, 2.75) is 38.0 Å². The Hall–Kier alpha value is -0.120. The highest BCUT2D eigenvalue weighted by Crippen LogP contribution is 2.21. The van der Waals surface area contributed by atoms with E-state index in [1.807, 2.05) is 0 Å². The largest absolute Gasteiger partial charge is 0.360 e. The molecule has 2 rings (SSSR count). The first-order valence-electron chi connectivity index (χ1n) is 4.91. The Morgan fingerprint density at radius 1 is 1.50 bits per heavy atom. The third-order valence-electron chi connectivity index (χ3n) is 2.82. The maximum absolute atomic E-state index is 5.65. The number of rotatable bonds is 2. The van der Waals surface area contributed by atoms with Crippen LogP contribution in [-0.4, -0.2) is 31.5 Å². The molecule has 0 bridgehead atoms. The predicted molar refractivity (Wildman–Crippen MR) is 48.0 cm³/mol. The van der Waals surface area contributed by atoms with Crippen LogP contribution in [0.5, 0.6) is 0 Å². The third-order valence-corrected chi connectivity index (χ3v) is 2.82. The first kappa shape index (κ1) is 8.48. The Morgan fingerprint density at radius 2 is 2.42 bits per heavy atom. The summed E-state index contributed by atoms with van der Waals surface area (Å²) in [6.45, 7) is 5.20. The predicted octanol–water partition coefficient (Wildman–Crippen LogP) is 0.464. The van der Waals surface area contributed by atoms with E-state index in [0.717, 1.165) is 19.6 Å². The molecule has 2 N–H and O–H groups in total. The zero-order valence-corrected chi connectivity index (χ0v) is 7.73. The second-order valence-corrected chi connectivity index (χ2v) is 4.00. The molecule has 2 fully saturated rings. The first-order valence-corrected chi connectivity index (χ1v) is 4.91. The molecule has 0 saturated carbocycles. The van der Waals surface area contributed by atoms with Gasteiger partial charge in [0, 0.05) is 19.0 Å². The van der Waals surface area contributed by atoms with Gasteiger partial charge in [-0.25, -0.2) is 0 Å². The van der Waals surface area contributed by atoms with E-state index in [4.69, 9.17) is 4.74 Å². The van der Waals surface area contributed by atoms with Crippen molar-refractivity contribution < 1.29 is 4.74 Å². The van der Waals surface area contributed by atoms with Gasteiger partial charge in [-0.15, -0.1) is 0 Å². The van der Waals surface area contributed by atoms with Crippen molar-refractivity contribution in [1.82, 2.24) is 10.6 Å². The van der Waals surface area contributed by atoms with Gasteiger partial charge >= 0.3 is 0 Å². The third kappa shape index (κ3) is 1.79. The average molecular weight is 170 g/mol. The summed E-state index contributed by atoms with van der Waals surface area (Å²) >= 11 is 0. The van der Waals surface area contributed by atoms with Gasteiger partial charge in [-0.05, 0) is 26.3 Å². The molecule has 2 aliphatic heterocycles. The van der Waals surface area contributed by atoms with Crippen molar-refractivity contribution in [1.29, 1.82) is 0 Å². The smallest absolute Gasteiger partial charge is 0.118 e. The van der Waals surface area contributed by atoms with Gasteiger partial charge in [-0.1, -0.05) is 0 Å². The summed E-state index contributed by atoms with van der Waals surface area (Å²) in [6.07, 6.45) is 3.73. The van der Waals surface area contributed by atoms with Crippen LogP contribution in [0.25, 0.3) is 0 Å². The molecule has 3 nitrogen and oxygen atoms in total. The van der Waals surface area contributed by atoms with E-state index in [1.54, 1.807) is 0 Å². The fraction of sp³-hybridized carbons (Fsp3) is 1.00. The van der Waals surface area contributed by atoms with Crippen LogP contribution in [0.4, 0.5) is 0 Å². The van der Waals surface area contributed by atoms with E-state index in [0.29, 0.717) is 6.04 Å². The van der Waals surface area contributed by atoms with Crippen LogP contribution < -0.4 is 10.6 Å². The minimum absolute atomic E-state index is 0.0536. The van der Waals surface area contributed by atoms with Gasteiger partial charge in [0.1, 0.15) is 5.72 Å². The standard InChI is InChI=1S/C9H18N2O/c1-9(11-5-6-12-9)7-8-3-2-4-10-8/h8,10-11H,2-7H2,1H3. The fourth-order valence-electron chi connectivity index (χ4n) is 2.18. The molecule has 0 radical (unpaired) electrons. The van der Waals surface area contributed by atoms with Gasteiger partial charge in [0.05, 0.1) is 6.61 Å². The monoisotopic (exact) mass is 170 g/mol. The fourth-order valence-corrected chi connectivity index (χ4v) is 2.18. The van der Waals surface area contributed by atoms with Gasteiger partial charge in [0.25, 0.3) is 0 Å². The maximum atomic E-state index is 5.65. The van der Waals surface area contributed by atoms with Crippen molar-refractivity contribution in [2.75, 3.05) is 19.7 Å². The highest BCUT2D eigenvalue weighted by Gasteiger charge is 2.32. The molecule has 0 aliphatic carbocycles. The molecular weight excluding hydrogens is 152 g/mol. The van der Waals surface area contributed by atoms with Crippen molar-refractivity contribution >= 4 is 0 Å². The van der Waals surface area contributed by atoms with E-state index < -0.39 is 0 Å². The summed E-state index contributed by atoms with van der Waals surface area (Å²) in [4.78, 5) is 0. The molecule has 3 heteroatoms. The molecule has 2 unspecified atom stereocenters. The normalized spacial score (nSPS) is 42.2. The lowest BCUT2D eigenvalue weighted by molar-refractivity contribution is -0.00702. The lowest BCUT2D eigenvalue weighted by Crippen LogP contribution is -2.43. The van der Waals surface area contributed by atoms with Crippen LogP contribution >= 0.6 is 0 Å². The minimum atomic E-state index is -0.0536. The molecule has 0 aromatic rings. The Kier molecular flexibility index (Phi) is 2.35. The SMILES string of the molecule is CC1(CC2CCCN2)NCCO1. The van der Waals surface area contributed by atoms with E-state index in [-0.39, 0.29) is 5.72 Å². The van der Waals surface area contributed by atoms with Gasteiger partial charge in [0.2, 0.25) is 0 Å². The molecule has 0 aromatic heterocycles. The molecule has 70 valence electrons. The van der Waals surface area contributed by atoms with Crippen molar-refractivity contribution in [3.63, 3.8) is 0 Å². The van der Waals surface area contributed by atoms with Crippen molar-refractivity contribution in [3.05, 3.63) is 0 Å². The lowest BCUT2D eigenvalue weighted by atomic mass is 10.0. The van der Waals surface area contributed by atoms with Gasteiger partial charge in [-0.3, -0.25) is 5.32 Å².